The molecule has 100 valence electrons. The first-order valence-electron chi connectivity index (χ1n) is 7.52. The molecule has 0 aliphatic heterocycles. The SMILES string of the molecule is CCc1ccc(NCC2CCCC(C)C2)cc1C. The Balaban J connectivity index is 1.88. The molecule has 1 aliphatic carbocycles. The molecule has 0 spiro atoms. The molecule has 0 bridgehead atoms. The highest BCUT2D eigenvalue weighted by molar-refractivity contribution is 5.48. The molecule has 0 radical (unpaired) electrons. The zero-order chi connectivity index (χ0) is 13.0. The summed E-state index contributed by atoms with van der Waals surface area (Å²) >= 11 is 0. The van der Waals surface area contributed by atoms with Crippen molar-refractivity contribution in [2.24, 2.45) is 11.8 Å². The highest BCUT2D eigenvalue weighted by Gasteiger charge is 2.18. The summed E-state index contributed by atoms with van der Waals surface area (Å²) in [5, 5.41) is 3.63. The van der Waals surface area contributed by atoms with E-state index in [1.807, 2.05) is 0 Å². The van der Waals surface area contributed by atoms with Crippen molar-refractivity contribution in [1.29, 1.82) is 0 Å². The zero-order valence-electron chi connectivity index (χ0n) is 12.1. The number of nitrogens with one attached hydrogen (secondary N) is 1. The molecule has 0 heterocycles. The largest absolute Gasteiger partial charge is 0.385 e. The second-order valence-corrected chi connectivity index (χ2v) is 6.01. The van der Waals surface area contributed by atoms with Crippen LogP contribution in [0.15, 0.2) is 18.2 Å². The standard InChI is InChI=1S/C17H27N/c1-4-16-8-9-17(11-14(16)3)18-12-15-7-5-6-13(2)10-15/h8-9,11,13,15,18H,4-7,10,12H2,1-3H3. The number of hydrogen-bond donors (Lipinski definition) is 1. The van der Waals surface area contributed by atoms with Crippen molar-refractivity contribution >= 4 is 5.69 Å². The number of anilines is 1. The van der Waals surface area contributed by atoms with E-state index >= 15 is 0 Å². The molecule has 1 heteroatoms. The van der Waals surface area contributed by atoms with Crippen molar-refractivity contribution in [3.8, 4) is 0 Å². The smallest absolute Gasteiger partial charge is 0.0343 e. The van der Waals surface area contributed by atoms with Gasteiger partial charge in [-0.25, -0.2) is 0 Å². The predicted octanol–water partition coefficient (Wildman–Crippen LogP) is 4.80. The van der Waals surface area contributed by atoms with Gasteiger partial charge in [-0.3, -0.25) is 0 Å². The van der Waals surface area contributed by atoms with Crippen molar-refractivity contribution in [2.45, 2.75) is 52.9 Å². The van der Waals surface area contributed by atoms with E-state index < -0.39 is 0 Å². The van der Waals surface area contributed by atoms with E-state index in [1.165, 1.54) is 42.5 Å². The van der Waals surface area contributed by atoms with Gasteiger partial charge in [0.05, 0.1) is 0 Å². The molecule has 0 aromatic heterocycles. The zero-order valence-corrected chi connectivity index (χ0v) is 12.1. The van der Waals surface area contributed by atoms with Gasteiger partial charge in [-0.05, 0) is 61.3 Å². The minimum absolute atomic E-state index is 0.875. The van der Waals surface area contributed by atoms with E-state index in [0.717, 1.165) is 24.8 Å². The third kappa shape index (κ3) is 3.51. The first-order valence-corrected chi connectivity index (χ1v) is 7.52. The Morgan fingerprint density at radius 2 is 2.11 bits per heavy atom. The van der Waals surface area contributed by atoms with E-state index in [4.69, 9.17) is 0 Å². The van der Waals surface area contributed by atoms with E-state index in [0.29, 0.717) is 0 Å². The van der Waals surface area contributed by atoms with Crippen LogP contribution in [0.5, 0.6) is 0 Å². The van der Waals surface area contributed by atoms with Crippen LogP contribution in [0.3, 0.4) is 0 Å². The molecule has 2 unspecified atom stereocenters. The molecule has 1 saturated carbocycles. The summed E-state index contributed by atoms with van der Waals surface area (Å²) in [4.78, 5) is 0. The Morgan fingerprint density at radius 1 is 1.28 bits per heavy atom. The van der Waals surface area contributed by atoms with Gasteiger partial charge in [-0.15, -0.1) is 0 Å². The second kappa shape index (κ2) is 6.26. The molecule has 0 saturated heterocycles. The summed E-state index contributed by atoms with van der Waals surface area (Å²) < 4.78 is 0. The van der Waals surface area contributed by atoms with Crippen molar-refractivity contribution in [3.05, 3.63) is 29.3 Å². The Kier molecular flexibility index (Phi) is 4.68. The summed E-state index contributed by atoms with van der Waals surface area (Å²) in [5.74, 6) is 1.80. The van der Waals surface area contributed by atoms with Crippen molar-refractivity contribution < 1.29 is 0 Å². The fraction of sp³-hybridized carbons (Fsp3) is 0.647. The van der Waals surface area contributed by atoms with Gasteiger partial charge < -0.3 is 5.32 Å². The van der Waals surface area contributed by atoms with Crippen LogP contribution < -0.4 is 5.32 Å². The van der Waals surface area contributed by atoms with Gasteiger partial charge in [0, 0.05) is 12.2 Å². The van der Waals surface area contributed by atoms with E-state index in [9.17, 15) is 0 Å². The van der Waals surface area contributed by atoms with Gasteiger partial charge in [-0.1, -0.05) is 32.8 Å². The minimum atomic E-state index is 0.875. The molecular weight excluding hydrogens is 218 g/mol. The third-order valence-corrected chi connectivity index (χ3v) is 4.36. The first-order chi connectivity index (χ1) is 8.69. The average Bonchev–Trinajstić information content (AvgIpc) is 2.37. The average molecular weight is 245 g/mol. The van der Waals surface area contributed by atoms with E-state index in [-0.39, 0.29) is 0 Å². The monoisotopic (exact) mass is 245 g/mol. The first kappa shape index (κ1) is 13.5. The van der Waals surface area contributed by atoms with E-state index in [2.05, 4.69) is 44.3 Å². The number of benzene rings is 1. The minimum Gasteiger partial charge on any atom is -0.385 e. The van der Waals surface area contributed by atoms with Gasteiger partial charge >= 0.3 is 0 Å². The van der Waals surface area contributed by atoms with Crippen LogP contribution in [0.2, 0.25) is 0 Å². The summed E-state index contributed by atoms with van der Waals surface area (Å²) in [6.07, 6.45) is 6.79. The second-order valence-electron chi connectivity index (χ2n) is 6.01. The van der Waals surface area contributed by atoms with Crippen molar-refractivity contribution in [2.75, 3.05) is 11.9 Å². The lowest BCUT2D eigenvalue weighted by Crippen LogP contribution is -2.21. The lowest BCUT2D eigenvalue weighted by Gasteiger charge is -2.27. The fourth-order valence-corrected chi connectivity index (χ4v) is 3.21. The lowest BCUT2D eigenvalue weighted by molar-refractivity contribution is 0.293. The van der Waals surface area contributed by atoms with Crippen LogP contribution in [-0.4, -0.2) is 6.54 Å². The topological polar surface area (TPSA) is 12.0 Å². The van der Waals surface area contributed by atoms with Crippen molar-refractivity contribution in [1.82, 2.24) is 0 Å². The molecular formula is C17H27N. The van der Waals surface area contributed by atoms with Gasteiger partial charge in [0.25, 0.3) is 0 Å². The van der Waals surface area contributed by atoms with Crippen LogP contribution >= 0.6 is 0 Å². The van der Waals surface area contributed by atoms with Gasteiger partial charge in [0.2, 0.25) is 0 Å². The molecule has 2 atom stereocenters. The van der Waals surface area contributed by atoms with Crippen LogP contribution in [-0.2, 0) is 6.42 Å². The number of aryl methyl sites for hydroxylation is 2. The Morgan fingerprint density at radius 3 is 2.78 bits per heavy atom. The van der Waals surface area contributed by atoms with Crippen LogP contribution in [0.4, 0.5) is 5.69 Å². The molecule has 0 amide bonds. The van der Waals surface area contributed by atoms with E-state index in [1.54, 1.807) is 0 Å². The Bertz CT molecular complexity index is 383. The normalized spacial score (nSPS) is 23.9. The molecule has 1 aromatic carbocycles. The molecule has 2 rings (SSSR count). The van der Waals surface area contributed by atoms with Crippen LogP contribution in [0.1, 0.15) is 50.7 Å². The van der Waals surface area contributed by atoms with Crippen LogP contribution in [0, 0.1) is 18.8 Å². The lowest BCUT2D eigenvalue weighted by atomic mass is 9.82. The number of hydrogen-bond acceptors (Lipinski definition) is 1. The van der Waals surface area contributed by atoms with Crippen molar-refractivity contribution in [3.63, 3.8) is 0 Å². The molecule has 1 fully saturated rings. The molecule has 1 aliphatic rings. The predicted molar refractivity (Wildman–Crippen MR) is 80.2 cm³/mol. The van der Waals surface area contributed by atoms with Crippen LogP contribution in [0.25, 0.3) is 0 Å². The van der Waals surface area contributed by atoms with Gasteiger partial charge in [-0.2, -0.15) is 0 Å². The summed E-state index contributed by atoms with van der Waals surface area (Å²) in [6, 6.07) is 6.80. The van der Waals surface area contributed by atoms with Gasteiger partial charge in [0.1, 0.15) is 0 Å². The Labute approximate surface area is 112 Å². The highest BCUT2D eigenvalue weighted by Crippen LogP contribution is 2.28. The summed E-state index contributed by atoms with van der Waals surface area (Å²) in [6.45, 7) is 7.98. The molecule has 1 N–H and O–H groups in total. The summed E-state index contributed by atoms with van der Waals surface area (Å²) in [7, 11) is 0. The maximum absolute atomic E-state index is 3.63. The molecule has 18 heavy (non-hydrogen) atoms. The molecule has 1 nitrogen and oxygen atoms in total. The number of rotatable bonds is 4. The van der Waals surface area contributed by atoms with Gasteiger partial charge in [0.15, 0.2) is 0 Å². The quantitative estimate of drug-likeness (QED) is 0.803. The summed E-state index contributed by atoms with van der Waals surface area (Å²) in [5.41, 5.74) is 4.18. The maximum Gasteiger partial charge on any atom is 0.0343 e. The fourth-order valence-electron chi connectivity index (χ4n) is 3.21. The molecule has 1 aromatic rings. The Hall–Kier alpha value is -0.980. The highest BCUT2D eigenvalue weighted by atomic mass is 14.9. The maximum atomic E-state index is 3.63. The third-order valence-electron chi connectivity index (χ3n) is 4.36.